The number of nitrogens with one attached hydrogen (secondary N) is 1. The van der Waals surface area contributed by atoms with Gasteiger partial charge < -0.3 is 4.74 Å². The van der Waals surface area contributed by atoms with Crippen LogP contribution in [-0.4, -0.2) is 12.7 Å². The quantitative estimate of drug-likeness (QED) is 0.722. The number of benzene rings is 1. The highest BCUT2D eigenvalue weighted by Gasteiger charge is 1.97. The molecule has 0 aliphatic carbocycles. The molecule has 0 fully saturated rings. The smallest absolute Gasteiger partial charge is 0.446 e. The lowest BCUT2D eigenvalue weighted by Gasteiger charge is -2.00. The summed E-state index contributed by atoms with van der Waals surface area (Å²) in [5.74, 6) is 0. The van der Waals surface area contributed by atoms with Gasteiger partial charge in [-0.15, -0.1) is 0 Å². The number of ether oxygens (including phenoxy) is 1. The van der Waals surface area contributed by atoms with Crippen molar-refractivity contribution in [2.24, 2.45) is 5.11 Å². The lowest BCUT2D eigenvalue weighted by molar-refractivity contribution is 0.156. The molecule has 0 aromatic heterocycles. The van der Waals surface area contributed by atoms with Gasteiger partial charge in [0.1, 0.15) is 0 Å². The fourth-order valence-electron chi connectivity index (χ4n) is 0.933. The van der Waals surface area contributed by atoms with Gasteiger partial charge >= 0.3 is 6.09 Å². The fraction of sp³-hybridized carbons (Fsp3) is 0.222. The predicted molar refractivity (Wildman–Crippen MR) is 46.6 cm³/mol. The molecule has 1 aromatic carbocycles. The molecular formula is C9H10N2O2. The third kappa shape index (κ3) is 3.46. The Bertz CT molecular complexity index is 285. The van der Waals surface area contributed by atoms with Crippen molar-refractivity contribution in [3.05, 3.63) is 35.9 Å². The maximum Gasteiger partial charge on any atom is 0.451 e. The highest BCUT2D eigenvalue weighted by molar-refractivity contribution is 5.66. The van der Waals surface area contributed by atoms with Gasteiger partial charge in [0, 0.05) is 6.42 Å². The molecule has 4 nitrogen and oxygen atoms in total. The van der Waals surface area contributed by atoms with E-state index < -0.39 is 6.09 Å². The van der Waals surface area contributed by atoms with E-state index in [9.17, 15) is 4.79 Å². The molecule has 1 amide bonds. The van der Waals surface area contributed by atoms with Gasteiger partial charge in [-0.2, -0.15) is 5.53 Å². The maximum absolute atomic E-state index is 10.4. The van der Waals surface area contributed by atoms with Crippen LogP contribution in [0.1, 0.15) is 5.56 Å². The second kappa shape index (κ2) is 5.03. The highest BCUT2D eigenvalue weighted by Crippen LogP contribution is 1.99. The first-order valence-corrected chi connectivity index (χ1v) is 3.91. The van der Waals surface area contributed by atoms with E-state index in [-0.39, 0.29) is 6.61 Å². The summed E-state index contributed by atoms with van der Waals surface area (Å²) in [4.78, 5) is 10.4. The van der Waals surface area contributed by atoms with Gasteiger partial charge in [0.25, 0.3) is 0 Å². The summed E-state index contributed by atoms with van der Waals surface area (Å²) in [6.45, 7) is 0.269. The molecule has 0 aliphatic rings. The van der Waals surface area contributed by atoms with E-state index in [1.54, 1.807) is 0 Å². The average Bonchev–Trinajstić information content (AvgIpc) is 2.19. The van der Waals surface area contributed by atoms with E-state index in [2.05, 4.69) is 9.85 Å². The van der Waals surface area contributed by atoms with Crippen molar-refractivity contribution in [1.29, 1.82) is 5.53 Å². The minimum absolute atomic E-state index is 0.269. The zero-order valence-electron chi connectivity index (χ0n) is 7.06. The van der Waals surface area contributed by atoms with Crippen LogP contribution in [0.3, 0.4) is 0 Å². The molecule has 1 aromatic rings. The summed E-state index contributed by atoms with van der Waals surface area (Å²) in [5.41, 5.74) is 7.44. The van der Waals surface area contributed by atoms with Crippen LogP contribution >= 0.6 is 0 Å². The summed E-state index contributed by atoms with van der Waals surface area (Å²) in [6, 6.07) is 9.67. The Morgan fingerprint density at radius 1 is 1.38 bits per heavy atom. The molecule has 0 atom stereocenters. The van der Waals surface area contributed by atoms with Crippen LogP contribution in [0.2, 0.25) is 0 Å². The third-order valence-electron chi connectivity index (χ3n) is 1.55. The van der Waals surface area contributed by atoms with Crippen LogP contribution in [0.5, 0.6) is 0 Å². The summed E-state index contributed by atoms with van der Waals surface area (Å²) in [5, 5.41) is 2.61. The van der Waals surface area contributed by atoms with Gasteiger partial charge in [-0.25, -0.2) is 4.79 Å². The van der Waals surface area contributed by atoms with E-state index in [1.807, 2.05) is 30.3 Å². The Hall–Kier alpha value is -1.71. The van der Waals surface area contributed by atoms with Gasteiger partial charge in [-0.05, 0) is 5.56 Å². The Balaban J connectivity index is 2.28. The van der Waals surface area contributed by atoms with Gasteiger partial charge in [0.05, 0.1) is 6.61 Å². The fourth-order valence-corrected chi connectivity index (χ4v) is 0.933. The minimum atomic E-state index is -0.837. The van der Waals surface area contributed by atoms with Crippen molar-refractivity contribution < 1.29 is 9.53 Å². The first kappa shape index (κ1) is 9.38. The van der Waals surface area contributed by atoms with E-state index in [0.717, 1.165) is 5.56 Å². The zero-order valence-corrected chi connectivity index (χ0v) is 7.06. The number of hydrogen-bond donors (Lipinski definition) is 1. The van der Waals surface area contributed by atoms with E-state index in [0.29, 0.717) is 6.42 Å². The molecular weight excluding hydrogens is 168 g/mol. The molecule has 4 heteroatoms. The summed E-state index contributed by atoms with van der Waals surface area (Å²) in [7, 11) is 0. The minimum Gasteiger partial charge on any atom is -0.446 e. The van der Waals surface area contributed by atoms with Gasteiger partial charge in [0.15, 0.2) is 0 Å². The van der Waals surface area contributed by atoms with Crippen molar-refractivity contribution >= 4 is 6.09 Å². The second-order valence-electron chi connectivity index (χ2n) is 2.46. The average molecular weight is 178 g/mol. The van der Waals surface area contributed by atoms with Crippen molar-refractivity contribution in [2.75, 3.05) is 6.61 Å². The number of carbonyl (C=O) groups excluding carboxylic acids is 1. The molecule has 0 saturated heterocycles. The van der Waals surface area contributed by atoms with Crippen molar-refractivity contribution in [1.82, 2.24) is 0 Å². The molecule has 1 rings (SSSR count). The summed E-state index contributed by atoms with van der Waals surface area (Å²) >= 11 is 0. The number of amides is 1. The number of rotatable bonds is 3. The van der Waals surface area contributed by atoms with Gasteiger partial charge in [0.2, 0.25) is 0 Å². The molecule has 0 aliphatic heterocycles. The molecule has 0 radical (unpaired) electrons. The van der Waals surface area contributed by atoms with Gasteiger partial charge in [-0.3, -0.25) is 0 Å². The SMILES string of the molecule is N=NC(=O)OCCc1ccccc1. The van der Waals surface area contributed by atoms with Crippen LogP contribution in [0, 0.1) is 5.53 Å². The molecule has 0 heterocycles. The number of carbonyl (C=O) groups is 1. The monoisotopic (exact) mass is 178 g/mol. The summed E-state index contributed by atoms with van der Waals surface area (Å²) in [6.07, 6.45) is -0.182. The molecule has 1 N–H and O–H groups in total. The van der Waals surface area contributed by atoms with Crippen molar-refractivity contribution in [3.8, 4) is 0 Å². The zero-order chi connectivity index (χ0) is 9.52. The van der Waals surface area contributed by atoms with Crippen LogP contribution in [0.15, 0.2) is 35.4 Å². The molecule has 68 valence electrons. The third-order valence-corrected chi connectivity index (χ3v) is 1.55. The highest BCUT2D eigenvalue weighted by atomic mass is 16.5. The normalized spacial score (nSPS) is 9.23. The molecule has 0 spiro atoms. The van der Waals surface area contributed by atoms with Crippen LogP contribution in [-0.2, 0) is 11.2 Å². The molecule has 0 unspecified atom stereocenters. The molecule has 0 bridgehead atoms. The van der Waals surface area contributed by atoms with E-state index in [1.165, 1.54) is 0 Å². The lowest BCUT2D eigenvalue weighted by Crippen LogP contribution is -2.02. The molecule has 13 heavy (non-hydrogen) atoms. The second-order valence-corrected chi connectivity index (χ2v) is 2.46. The predicted octanol–water partition coefficient (Wildman–Crippen LogP) is 2.40. The Kier molecular flexibility index (Phi) is 3.63. The standard InChI is InChI=1S/C9H10N2O2/c10-11-9(12)13-7-6-8-4-2-1-3-5-8/h1-5,10H,6-7H2. The van der Waals surface area contributed by atoms with E-state index in [4.69, 9.17) is 5.53 Å². The first-order valence-electron chi connectivity index (χ1n) is 3.91. The van der Waals surface area contributed by atoms with Crippen LogP contribution in [0.4, 0.5) is 4.79 Å². The van der Waals surface area contributed by atoms with Crippen LogP contribution < -0.4 is 0 Å². The van der Waals surface area contributed by atoms with E-state index >= 15 is 0 Å². The Labute approximate surface area is 76.0 Å². The molecule has 0 saturated carbocycles. The largest absolute Gasteiger partial charge is 0.451 e. The van der Waals surface area contributed by atoms with Crippen molar-refractivity contribution in [3.63, 3.8) is 0 Å². The summed E-state index contributed by atoms with van der Waals surface area (Å²) < 4.78 is 4.60. The topological polar surface area (TPSA) is 62.5 Å². The maximum atomic E-state index is 10.4. The number of hydrogen-bond acceptors (Lipinski definition) is 3. The first-order chi connectivity index (χ1) is 6.33. The number of nitrogens with zero attached hydrogens (tertiary/aromatic N) is 1. The van der Waals surface area contributed by atoms with Gasteiger partial charge in [-0.1, -0.05) is 35.4 Å². The Morgan fingerprint density at radius 3 is 2.69 bits per heavy atom. The lowest BCUT2D eigenvalue weighted by atomic mass is 10.2. The Morgan fingerprint density at radius 2 is 2.08 bits per heavy atom. The van der Waals surface area contributed by atoms with Crippen molar-refractivity contribution in [2.45, 2.75) is 6.42 Å². The van der Waals surface area contributed by atoms with Crippen LogP contribution in [0.25, 0.3) is 0 Å².